The Morgan fingerprint density at radius 1 is 1.18 bits per heavy atom. The van der Waals surface area contributed by atoms with E-state index in [-0.39, 0.29) is 17.6 Å². The highest BCUT2D eigenvalue weighted by atomic mass is 35.7. The zero-order chi connectivity index (χ0) is 13.1. The molecule has 0 fully saturated rings. The standard InChI is InChI=1S/C13H19ClO2S/c1-4-11-5-7-12(8-6-11)13(10(2)3)9-17(14,15)16/h5-8,10,13H,4,9H2,1-3H3. The highest BCUT2D eigenvalue weighted by Gasteiger charge is 2.22. The molecule has 0 saturated heterocycles. The van der Waals surface area contributed by atoms with Crippen molar-refractivity contribution in [1.29, 1.82) is 0 Å². The molecule has 0 bridgehead atoms. The van der Waals surface area contributed by atoms with Crippen LogP contribution in [-0.4, -0.2) is 14.2 Å². The van der Waals surface area contributed by atoms with Crippen molar-refractivity contribution >= 4 is 19.7 Å². The molecule has 1 aromatic carbocycles. The number of hydrogen-bond donors (Lipinski definition) is 0. The molecule has 0 aromatic heterocycles. The fraction of sp³-hybridized carbons (Fsp3) is 0.538. The Balaban J connectivity index is 2.97. The maximum Gasteiger partial charge on any atom is 0.233 e. The predicted molar refractivity (Wildman–Crippen MR) is 73.0 cm³/mol. The molecular formula is C13H19ClO2S. The van der Waals surface area contributed by atoms with Crippen molar-refractivity contribution in [1.82, 2.24) is 0 Å². The number of aryl methyl sites for hydroxylation is 1. The molecule has 0 heterocycles. The van der Waals surface area contributed by atoms with E-state index < -0.39 is 9.05 Å². The molecule has 96 valence electrons. The molecule has 4 heteroatoms. The second-order valence-electron chi connectivity index (χ2n) is 4.65. The average Bonchev–Trinajstić information content (AvgIpc) is 2.25. The van der Waals surface area contributed by atoms with Gasteiger partial charge in [0.2, 0.25) is 9.05 Å². The van der Waals surface area contributed by atoms with Crippen molar-refractivity contribution in [2.75, 3.05) is 5.75 Å². The molecule has 0 saturated carbocycles. The molecule has 0 aliphatic heterocycles. The summed E-state index contributed by atoms with van der Waals surface area (Å²) in [7, 11) is 1.89. The third kappa shape index (κ3) is 4.68. The van der Waals surface area contributed by atoms with Crippen LogP contribution in [0.2, 0.25) is 0 Å². The zero-order valence-electron chi connectivity index (χ0n) is 10.5. The summed E-state index contributed by atoms with van der Waals surface area (Å²) in [6, 6.07) is 8.11. The molecule has 1 aromatic rings. The van der Waals surface area contributed by atoms with Gasteiger partial charge < -0.3 is 0 Å². The molecule has 0 amide bonds. The van der Waals surface area contributed by atoms with Gasteiger partial charge in [0.15, 0.2) is 0 Å². The van der Waals surface area contributed by atoms with Gasteiger partial charge in [0.05, 0.1) is 5.75 Å². The minimum absolute atomic E-state index is 0.00229. The molecule has 0 aliphatic carbocycles. The number of halogens is 1. The fourth-order valence-corrected chi connectivity index (χ4v) is 3.30. The molecular weight excluding hydrogens is 256 g/mol. The van der Waals surface area contributed by atoms with Crippen LogP contribution in [0.4, 0.5) is 0 Å². The molecule has 1 rings (SSSR count). The van der Waals surface area contributed by atoms with E-state index in [0.29, 0.717) is 0 Å². The third-order valence-corrected chi connectivity index (χ3v) is 4.13. The smallest absolute Gasteiger partial charge is 0.212 e. The highest BCUT2D eigenvalue weighted by Crippen LogP contribution is 2.27. The normalized spacial score (nSPS) is 13.9. The molecule has 0 radical (unpaired) electrons. The van der Waals surface area contributed by atoms with Gasteiger partial charge in [-0.1, -0.05) is 45.0 Å². The van der Waals surface area contributed by atoms with Crippen LogP contribution in [0.3, 0.4) is 0 Å². The van der Waals surface area contributed by atoms with Gasteiger partial charge in [-0.25, -0.2) is 8.42 Å². The summed E-state index contributed by atoms with van der Waals surface area (Å²) in [5.41, 5.74) is 2.30. The number of benzene rings is 1. The van der Waals surface area contributed by atoms with E-state index in [0.717, 1.165) is 12.0 Å². The minimum Gasteiger partial charge on any atom is -0.212 e. The first kappa shape index (κ1) is 14.5. The first-order valence-corrected chi connectivity index (χ1v) is 8.32. The second-order valence-corrected chi connectivity index (χ2v) is 7.47. The Morgan fingerprint density at radius 2 is 1.71 bits per heavy atom. The van der Waals surface area contributed by atoms with Gasteiger partial charge in [-0.3, -0.25) is 0 Å². The van der Waals surface area contributed by atoms with E-state index in [1.807, 2.05) is 38.1 Å². The van der Waals surface area contributed by atoms with Crippen LogP contribution in [0.25, 0.3) is 0 Å². The quantitative estimate of drug-likeness (QED) is 0.770. The average molecular weight is 275 g/mol. The van der Waals surface area contributed by atoms with Crippen molar-refractivity contribution in [3.05, 3.63) is 35.4 Å². The first-order chi connectivity index (χ1) is 7.83. The van der Waals surface area contributed by atoms with Crippen LogP contribution in [0.15, 0.2) is 24.3 Å². The van der Waals surface area contributed by atoms with Gasteiger partial charge in [-0.2, -0.15) is 0 Å². The summed E-state index contributed by atoms with van der Waals surface area (Å²) in [6.07, 6.45) is 0.987. The summed E-state index contributed by atoms with van der Waals surface area (Å²) in [6.45, 7) is 6.12. The van der Waals surface area contributed by atoms with Gasteiger partial charge in [0.1, 0.15) is 0 Å². The van der Waals surface area contributed by atoms with Crippen molar-refractivity contribution in [3.8, 4) is 0 Å². The van der Waals surface area contributed by atoms with Crippen molar-refractivity contribution in [2.24, 2.45) is 5.92 Å². The van der Waals surface area contributed by atoms with Crippen LogP contribution in [-0.2, 0) is 15.5 Å². The molecule has 0 spiro atoms. The maximum absolute atomic E-state index is 11.2. The van der Waals surface area contributed by atoms with Crippen molar-refractivity contribution < 1.29 is 8.42 Å². The molecule has 1 unspecified atom stereocenters. The highest BCUT2D eigenvalue weighted by molar-refractivity contribution is 8.13. The summed E-state index contributed by atoms with van der Waals surface area (Å²) >= 11 is 0. The van der Waals surface area contributed by atoms with Gasteiger partial charge >= 0.3 is 0 Å². The predicted octanol–water partition coefficient (Wildman–Crippen LogP) is 3.56. The molecule has 2 nitrogen and oxygen atoms in total. The molecule has 0 N–H and O–H groups in total. The van der Waals surface area contributed by atoms with Crippen molar-refractivity contribution in [2.45, 2.75) is 33.1 Å². The largest absolute Gasteiger partial charge is 0.233 e. The Kier molecular flexibility index (Phi) is 5.02. The van der Waals surface area contributed by atoms with E-state index in [1.54, 1.807) is 0 Å². The Hall–Kier alpha value is -0.540. The summed E-state index contributed by atoms with van der Waals surface area (Å²) in [5, 5.41) is 0. The van der Waals surface area contributed by atoms with Crippen LogP contribution in [0.1, 0.15) is 37.8 Å². The summed E-state index contributed by atoms with van der Waals surface area (Å²) in [4.78, 5) is 0. The van der Waals surface area contributed by atoms with Crippen LogP contribution in [0, 0.1) is 5.92 Å². The first-order valence-electron chi connectivity index (χ1n) is 5.84. The van der Waals surface area contributed by atoms with Crippen molar-refractivity contribution in [3.63, 3.8) is 0 Å². The zero-order valence-corrected chi connectivity index (χ0v) is 12.1. The van der Waals surface area contributed by atoms with E-state index in [4.69, 9.17) is 10.7 Å². The third-order valence-electron chi connectivity index (χ3n) is 3.00. The SMILES string of the molecule is CCc1ccc(C(CS(=O)(=O)Cl)C(C)C)cc1. The molecule has 1 atom stereocenters. The number of hydrogen-bond acceptors (Lipinski definition) is 2. The Morgan fingerprint density at radius 3 is 2.06 bits per heavy atom. The Bertz CT molecular complexity index is 449. The lowest BCUT2D eigenvalue weighted by atomic mass is 9.89. The maximum atomic E-state index is 11.2. The lowest BCUT2D eigenvalue weighted by molar-refractivity contribution is 0.525. The monoisotopic (exact) mass is 274 g/mol. The van der Waals surface area contributed by atoms with E-state index in [1.165, 1.54) is 5.56 Å². The van der Waals surface area contributed by atoms with Gasteiger partial charge in [0.25, 0.3) is 0 Å². The van der Waals surface area contributed by atoms with Gasteiger partial charge in [-0.05, 0) is 23.5 Å². The molecule has 17 heavy (non-hydrogen) atoms. The summed E-state index contributed by atoms with van der Waals surface area (Å²) < 4.78 is 22.4. The Labute approximate surface area is 108 Å². The van der Waals surface area contributed by atoms with Crippen LogP contribution < -0.4 is 0 Å². The lowest BCUT2D eigenvalue weighted by Crippen LogP contribution is -2.15. The molecule has 0 aliphatic rings. The van der Waals surface area contributed by atoms with E-state index in [2.05, 4.69) is 6.92 Å². The van der Waals surface area contributed by atoms with Gasteiger partial charge in [0, 0.05) is 16.6 Å². The minimum atomic E-state index is -3.46. The summed E-state index contributed by atoms with van der Waals surface area (Å²) in [5.74, 6) is 0.205. The van der Waals surface area contributed by atoms with Crippen LogP contribution >= 0.6 is 10.7 Å². The lowest BCUT2D eigenvalue weighted by Gasteiger charge is -2.20. The fourth-order valence-electron chi connectivity index (χ4n) is 1.89. The second kappa shape index (κ2) is 5.87. The topological polar surface area (TPSA) is 34.1 Å². The number of rotatable bonds is 5. The van der Waals surface area contributed by atoms with E-state index in [9.17, 15) is 8.42 Å². The van der Waals surface area contributed by atoms with Crippen LogP contribution in [0.5, 0.6) is 0 Å². The van der Waals surface area contributed by atoms with Gasteiger partial charge in [-0.15, -0.1) is 0 Å². The van der Waals surface area contributed by atoms with E-state index >= 15 is 0 Å².